The highest BCUT2D eigenvalue weighted by Crippen LogP contribution is 2.35. The van der Waals surface area contributed by atoms with Gasteiger partial charge in [-0.25, -0.2) is 0 Å². The summed E-state index contributed by atoms with van der Waals surface area (Å²) in [7, 11) is 0. The molecule has 0 bridgehead atoms. The molecule has 244 valence electrons. The second-order valence-corrected chi connectivity index (χ2v) is 13.4. The van der Waals surface area contributed by atoms with E-state index in [1.807, 2.05) is 0 Å². The van der Waals surface area contributed by atoms with Gasteiger partial charge in [0, 0.05) is 32.9 Å². The standard InChI is InChI=1S/C50H34N2/c1-5-19-47-43(15-1)44-16-2-6-20-48(44)51(47)41-13-9-11-39(33-41)37-29-25-35(26-30-37)23-24-36-27-31-38(32-28-36)40-12-10-14-42(34-40)52-49-21-7-3-17-45(49)46-18-4-8-22-50(46)52/h1-34H. The molecule has 0 N–H and O–H groups in total. The lowest BCUT2D eigenvalue weighted by molar-refractivity contribution is 1.18. The van der Waals surface area contributed by atoms with Crippen molar-refractivity contribution in [3.05, 3.63) is 205 Å². The number of aromatic nitrogens is 2. The predicted molar refractivity (Wildman–Crippen MR) is 221 cm³/mol. The van der Waals surface area contributed by atoms with Gasteiger partial charge in [0.15, 0.2) is 0 Å². The molecule has 52 heavy (non-hydrogen) atoms. The van der Waals surface area contributed by atoms with Crippen LogP contribution in [0.5, 0.6) is 0 Å². The van der Waals surface area contributed by atoms with Gasteiger partial charge in [-0.3, -0.25) is 0 Å². The predicted octanol–water partition coefficient (Wildman–Crippen LogP) is 13.4. The lowest BCUT2D eigenvalue weighted by Gasteiger charge is -2.11. The molecule has 0 aliphatic heterocycles. The van der Waals surface area contributed by atoms with Crippen LogP contribution in [-0.4, -0.2) is 9.13 Å². The molecule has 0 saturated carbocycles. The molecule has 0 radical (unpaired) electrons. The van der Waals surface area contributed by atoms with Crippen LogP contribution in [0.3, 0.4) is 0 Å². The minimum absolute atomic E-state index is 1.17. The number of hydrogen-bond donors (Lipinski definition) is 0. The molecule has 0 unspecified atom stereocenters. The molecule has 0 saturated heterocycles. The zero-order valence-electron chi connectivity index (χ0n) is 28.5. The van der Waals surface area contributed by atoms with Gasteiger partial charge in [-0.2, -0.15) is 0 Å². The van der Waals surface area contributed by atoms with Gasteiger partial charge < -0.3 is 9.13 Å². The maximum Gasteiger partial charge on any atom is 0.0541 e. The van der Waals surface area contributed by atoms with Gasteiger partial charge in [0.1, 0.15) is 0 Å². The fraction of sp³-hybridized carbons (Fsp3) is 0. The molecule has 2 aromatic heterocycles. The van der Waals surface area contributed by atoms with Crippen molar-refractivity contribution >= 4 is 55.8 Å². The highest BCUT2D eigenvalue weighted by atomic mass is 15.0. The first-order valence-corrected chi connectivity index (χ1v) is 17.8. The van der Waals surface area contributed by atoms with Crippen LogP contribution in [0, 0.1) is 0 Å². The first-order chi connectivity index (χ1) is 25.8. The second-order valence-electron chi connectivity index (χ2n) is 13.4. The summed E-state index contributed by atoms with van der Waals surface area (Å²) >= 11 is 0. The summed E-state index contributed by atoms with van der Waals surface area (Å²) < 4.78 is 4.75. The van der Waals surface area contributed by atoms with E-state index in [2.05, 4.69) is 215 Å². The van der Waals surface area contributed by atoms with Crippen LogP contribution < -0.4 is 0 Å². The Morgan fingerprint density at radius 3 is 0.942 bits per heavy atom. The summed E-state index contributed by atoms with van der Waals surface area (Å²) in [6.45, 7) is 0. The van der Waals surface area contributed by atoms with Crippen molar-refractivity contribution in [1.29, 1.82) is 0 Å². The van der Waals surface area contributed by atoms with Crippen molar-refractivity contribution < 1.29 is 0 Å². The van der Waals surface area contributed by atoms with E-state index >= 15 is 0 Å². The Hall–Kier alpha value is -6.90. The summed E-state index contributed by atoms with van der Waals surface area (Å²) in [5.41, 5.74) is 14.4. The van der Waals surface area contributed by atoms with Crippen LogP contribution in [0.1, 0.15) is 11.1 Å². The molecule has 10 aromatic rings. The molecule has 0 aliphatic carbocycles. The van der Waals surface area contributed by atoms with E-state index in [9.17, 15) is 0 Å². The minimum atomic E-state index is 1.17. The molecular weight excluding hydrogens is 629 g/mol. The number of rotatable bonds is 6. The third kappa shape index (κ3) is 5.12. The van der Waals surface area contributed by atoms with Crippen molar-refractivity contribution in [2.75, 3.05) is 0 Å². The molecule has 0 fully saturated rings. The zero-order chi connectivity index (χ0) is 34.4. The normalized spacial score (nSPS) is 11.8. The van der Waals surface area contributed by atoms with Crippen LogP contribution in [0.4, 0.5) is 0 Å². The second kappa shape index (κ2) is 12.5. The first-order valence-electron chi connectivity index (χ1n) is 17.8. The Morgan fingerprint density at radius 2 is 0.596 bits per heavy atom. The summed E-state index contributed by atoms with van der Waals surface area (Å²) in [4.78, 5) is 0. The largest absolute Gasteiger partial charge is 0.309 e. The molecule has 2 nitrogen and oxygen atoms in total. The molecule has 10 rings (SSSR count). The van der Waals surface area contributed by atoms with Crippen molar-refractivity contribution in [1.82, 2.24) is 9.13 Å². The lowest BCUT2D eigenvalue weighted by atomic mass is 10.0. The molecule has 0 amide bonds. The van der Waals surface area contributed by atoms with Crippen LogP contribution in [0.15, 0.2) is 194 Å². The van der Waals surface area contributed by atoms with Crippen LogP contribution in [-0.2, 0) is 0 Å². The monoisotopic (exact) mass is 662 g/mol. The molecule has 0 spiro atoms. The van der Waals surface area contributed by atoms with Crippen LogP contribution in [0.25, 0.3) is 89.4 Å². The minimum Gasteiger partial charge on any atom is -0.309 e. The molecule has 2 heteroatoms. The Labute approximate surface area is 302 Å². The van der Waals surface area contributed by atoms with Gasteiger partial charge in [0.25, 0.3) is 0 Å². The van der Waals surface area contributed by atoms with E-state index in [1.165, 1.54) is 88.4 Å². The van der Waals surface area contributed by atoms with Gasteiger partial charge in [-0.1, -0.05) is 158 Å². The summed E-state index contributed by atoms with van der Waals surface area (Å²) in [6.07, 6.45) is 4.38. The topological polar surface area (TPSA) is 9.86 Å². The Kier molecular flexibility index (Phi) is 7.18. The SMILES string of the molecule is C(=Cc1ccc(-c2cccc(-n3c4ccccc4c4ccccc43)c2)cc1)c1ccc(-c2cccc(-n3c4ccccc4c4ccccc43)c2)cc1. The number of nitrogens with zero attached hydrogens (tertiary/aromatic N) is 2. The average molecular weight is 663 g/mol. The molecule has 8 aromatic carbocycles. The summed E-state index contributed by atoms with van der Waals surface area (Å²) in [5, 5.41) is 5.11. The maximum atomic E-state index is 2.37. The third-order valence-corrected chi connectivity index (χ3v) is 10.3. The van der Waals surface area contributed by atoms with Gasteiger partial charge in [-0.05, 0) is 81.9 Å². The number of para-hydroxylation sites is 4. The Bertz CT molecular complexity index is 2630. The van der Waals surface area contributed by atoms with E-state index in [1.54, 1.807) is 0 Å². The highest BCUT2D eigenvalue weighted by Gasteiger charge is 2.13. The molecule has 0 atom stereocenters. The van der Waals surface area contributed by atoms with Gasteiger partial charge in [-0.15, -0.1) is 0 Å². The third-order valence-electron chi connectivity index (χ3n) is 10.3. The van der Waals surface area contributed by atoms with Crippen LogP contribution >= 0.6 is 0 Å². The summed E-state index contributed by atoms with van der Waals surface area (Å²) in [6, 6.07) is 70.0. The lowest BCUT2D eigenvalue weighted by Crippen LogP contribution is -1.94. The molecule has 2 heterocycles. The first kappa shape index (κ1) is 30.0. The quantitative estimate of drug-likeness (QED) is 0.157. The van der Waals surface area contributed by atoms with E-state index in [0.717, 1.165) is 0 Å². The highest BCUT2D eigenvalue weighted by molar-refractivity contribution is 6.10. The fourth-order valence-corrected chi connectivity index (χ4v) is 7.82. The van der Waals surface area contributed by atoms with Crippen molar-refractivity contribution in [2.45, 2.75) is 0 Å². The zero-order valence-corrected chi connectivity index (χ0v) is 28.5. The van der Waals surface area contributed by atoms with Gasteiger partial charge >= 0.3 is 0 Å². The van der Waals surface area contributed by atoms with Crippen molar-refractivity contribution in [2.24, 2.45) is 0 Å². The van der Waals surface area contributed by atoms with Crippen molar-refractivity contribution in [3.8, 4) is 33.6 Å². The van der Waals surface area contributed by atoms with Gasteiger partial charge in [0.05, 0.1) is 22.1 Å². The van der Waals surface area contributed by atoms with E-state index in [-0.39, 0.29) is 0 Å². The van der Waals surface area contributed by atoms with E-state index in [4.69, 9.17) is 0 Å². The maximum absolute atomic E-state index is 2.37. The van der Waals surface area contributed by atoms with E-state index in [0.29, 0.717) is 0 Å². The van der Waals surface area contributed by atoms with Gasteiger partial charge in [0.2, 0.25) is 0 Å². The Balaban J connectivity index is 0.892. The average Bonchev–Trinajstić information content (AvgIpc) is 3.74. The van der Waals surface area contributed by atoms with Crippen molar-refractivity contribution in [3.63, 3.8) is 0 Å². The number of fused-ring (bicyclic) bond motifs is 6. The number of benzene rings is 8. The molecular formula is C50H34N2. The fourth-order valence-electron chi connectivity index (χ4n) is 7.82. The number of hydrogen-bond acceptors (Lipinski definition) is 0. The van der Waals surface area contributed by atoms with E-state index < -0.39 is 0 Å². The Morgan fingerprint density at radius 1 is 0.269 bits per heavy atom. The summed E-state index contributed by atoms with van der Waals surface area (Å²) in [5.74, 6) is 0. The smallest absolute Gasteiger partial charge is 0.0541 e. The molecule has 0 aliphatic rings. The van der Waals surface area contributed by atoms with Crippen LogP contribution in [0.2, 0.25) is 0 Å².